The number of thioether (sulfide) groups is 1. The average molecular weight is 495 g/mol. The largest absolute Gasteiger partial charge is 0.325 e. The number of sulfonamides is 1. The molecule has 3 rings (SSSR count). The number of rotatable bonds is 7. The van der Waals surface area contributed by atoms with Gasteiger partial charge in [-0.2, -0.15) is 0 Å². The lowest BCUT2D eigenvalue weighted by atomic mass is 10.2. The molecule has 31 heavy (non-hydrogen) atoms. The summed E-state index contributed by atoms with van der Waals surface area (Å²) in [5.74, 6) is -0.173. The van der Waals surface area contributed by atoms with E-state index in [-0.39, 0.29) is 21.7 Å². The van der Waals surface area contributed by atoms with Crippen molar-refractivity contribution in [3.63, 3.8) is 0 Å². The molecule has 0 saturated carbocycles. The van der Waals surface area contributed by atoms with Crippen LogP contribution < -0.4 is 10.0 Å². The van der Waals surface area contributed by atoms with Gasteiger partial charge in [0.05, 0.1) is 15.8 Å². The Kier molecular flexibility index (Phi) is 7.54. The zero-order chi connectivity index (χ0) is 22.6. The monoisotopic (exact) mass is 494 g/mol. The van der Waals surface area contributed by atoms with Gasteiger partial charge in [-0.1, -0.05) is 40.9 Å². The molecule has 0 aromatic heterocycles. The van der Waals surface area contributed by atoms with Crippen LogP contribution in [-0.2, 0) is 14.8 Å². The molecule has 3 aromatic rings. The Bertz CT molecular complexity index is 1160. The summed E-state index contributed by atoms with van der Waals surface area (Å²) in [7, 11) is -3.84. The van der Waals surface area contributed by atoms with Gasteiger partial charge in [-0.25, -0.2) is 8.42 Å². The molecule has 9 heteroatoms. The average Bonchev–Trinajstić information content (AvgIpc) is 2.69. The molecule has 0 radical (unpaired) electrons. The highest BCUT2D eigenvalue weighted by atomic mass is 35.5. The maximum Gasteiger partial charge on any atom is 0.261 e. The maximum atomic E-state index is 12.6. The van der Waals surface area contributed by atoms with Crippen LogP contribution in [0, 0.1) is 6.92 Å². The first kappa shape index (κ1) is 23.5. The number of hydrogen-bond acceptors (Lipinski definition) is 4. The van der Waals surface area contributed by atoms with Crippen molar-refractivity contribution in [2.24, 2.45) is 0 Å². The standard InChI is InChI=1S/C22H20Cl2N2O3S2/c1-14-3-7-20(8-4-14)30-15(2)22(27)25-18-5-9-21(10-6-18)31(28,29)26-19-12-16(23)11-17(24)13-19/h3-13,15,26H,1-2H3,(H,25,27)/t15-/m1/s1. The predicted octanol–water partition coefficient (Wildman–Crippen LogP) is 6.22. The lowest BCUT2D eigenvalue weighted by molar-refractivity contribution is -0.115. The molecule has 0 bridgehead atoms. The summed E-state index contributed by atoms with van der Waals surface area (Å²) < 4.78 is 27.6. The third-order valence-corrected chi connectivity index (χ3v) is 7.20. The first-order valence-electron chi connectivity index (χ1n) is 9.25. The highest BCUT2D eigenvalue weighted by Crippen LogP contribution is 2.26. The normalized spacial score (nSPS) is 12.3. The summed E-state index contributed by atoms with van der Waals surface area (Å²) in [6.07, 6.45) is 0. The van der Waals surface area contributed by atoms with Crippen molar-refractivity contribution in [2.45, 2.75) is 28.9 Å². The zero-order valence-corrected chi connectivity index (χ0v) is 19.9. The van der Waals surface area contributed by atoms with E-state index in [4.69, 9.17) is 23.2 Å². The van der Waals surface area contributed by atoms with Gasteiger partial charge in [-0.05, 0) is 68.4 Å². The lowest BCUT2D eigenvalue weighted by Crippen LogP contribution is -2.22. The maximum absolute atomic E-state index is 12.6. The van der Waals surface area contributed by atoms with Gasteiger partial charge in [0.25, 0.3) is 10.0 Å². The van der Waals surface area contributed by atoms with Crippen molar-refractivity contribution in [3.8, 4) is 0 Å². The molecule has 1 atom stereocenters. The lowest BCUT2D eigenvalue weighted by Gasteiger charge is -2.13. The van der Waals surface area contributed by atoms with Gasteiger partial charge in [0.15, 0.2) is 0 Å². The van der Waals surface area contributed by atoms with E-state index in [0.717, 1.165) is 10.5 Å². The second-order valence-corrected chi connectivity index (χ2v) is 10.8. The Labute approximate surface area is 196 Å². The fourth-order valence-corrected chi connectivity index (χ4v) is 5.10. The SMILES string of the molecule is Cc1ccc(S[C@H](C)C(=O)Nc2ccc(S(=O)(=O)Nc3cc(Cl)cc(Cl)c3)cc2)cc1. The fraction of sp³-hybridized carbons (Fsp3) is 0.136. The molecule has 0 heterocycles. The number of carbonyl (C=O) groups excluding carboxylic acids is 1. The van der Waals surface area contributed by atoms with Crippen LogP contribution in [0.1, 0.15) is 12.5 Å². The van der Waals surface area contributed by atoms with E-state index in [2.05, 4.69) is 10.0 Å². The molecule has 0 saturated heterocycles. The Morgan fingerprint density at radius 3 is 2.06 bits per heavy atom. The van der Waals surface area contributed by atoms with Crippen LogP contribution in [0.25, 0.3) is 0 Å². The number of amides is 1. The highest BCUT2D eigenvalue weighted by molar-refractivity contribution is 8.00. The van der Waals surface area contributed by atoms with Crippen LogP contribution in [0.3, 0.4) is 0 Å². The third-order valence-electron chi connectivity index (χ3n) is 4.25. The Morgan fingerprint density at radius 1 is 0.903 bits per heavy atom. The molecule has 0 aliphatic rings. The highest BCUT2D eigenvalue weighted by Gasteiger charge is 2.17. The number of anilines is 2. The Hall–Kier alpha value is -2.19. The van der Waals surface area contributed by atoms with Crippen LogP contribution >= 0.6 is 35.0 Å². The van der Waals surface area contributed by atoms with Crippen molar-refractivity contribution in [1.29, 1.82) is 0 Å². The number of carbonyl (C=O) groups is 1. The Morgan fingerprint density at radius 2 is 1.48 bits per heavy atom. The van der Waals surface area contributed by atoms with Gasteiger partial charge < -0.3 is 5.32 Å². The van der Waals surface area contributed by atoms with Gasteiger partial charge in [0.1, 0.15) is 0 Å². The smallest absolute Gasteiger partial charge is 0.261 e. The summed E-state index contributed by atoms with van der Waals surface area (Å²) in [6, 6.07) is 18.3. The molecular formula is C22H20Cl2N2O3S2. The van der Waals surface area contributed by atoms with Crippen LogP contribution in [0.15, 0.2) is 76.5 Å². The van der Waals surface area contributed by atoms with Crippen molar-refractivity contribution < 1.29 is 13.2 Å². The van der Waals surface area contributed by atoms with Gasteiger partial charge in [-0.15, -0.1) is 11.8 Å². The van der Waals surface area contributed by atoms with E-state index in [0.29, 0.717) is 15.7 Å². The van der Waals surface area contributed by atoms with E-state index in [1.807, 2.05) is 38.1 Å². The molecule has 0 spiro atoms. The van der Waals surface area contributed by atoms with Crippen molar-refractivity contribution in [3.05, 3.63) is 82.3 Å². The van der Waals surface area contributed by atoms with E-state index >= 15 is 0 Å². The molecule has 0 aliphatic heterocycles. The molecule has 3 aromatic carbocycles. The summed E-state index contributed by atoms with van der Waals surface area (Å²) in [5.41, 5.74) is 1.92. The van der Waals surface area contributed by atoms with Crippen LogP contribution in [0.5, 0.6) is 0 Å². The second-order valence-electron chi connectivity index (χ2n) is 6.85. The third kappa shape index (κ3) is 6.64. The van der Waals surface area contributed by atoms with Gasteiger partial charge in [-0.3, -0.25) is 9.52 Å². The minimum atomic E-state index is -3.84. The number of benzene rings is 3. The van der Waals surface area contributed by atoms with Gasteiger partial charge in [0, 0.05) is 20.6 Å². The minimum Gasteiger partial charge on any atom is -0.325 e. The minimum absolute atomic E-state index is 0.0451. The summed E-state index contributed by atoms with van der Waals surface area (Å²) >= 11 is 13.3. The zero-order valence-electron chi connectivity index (χ0n) is 16.7. The molecule has 0 unspecified atom stereocenters. The fourth-order valence-electron chi connectivity index (χ4n) is 2.66. The van der Waals surface area contributed by atoms with E-state index < -0.39 is 10.0 Å². The molecule has 1 amide bonds. The molecular weight excluding hydrogens is 475 g/mol. The summed E-state index contributed by atoms with van der Waals surface area (Å²) in [5, 5.41) is 3.13. The van der Waals surface area contributed by atoms with Crippen molar-refractivity contribution in [1.82, 2.24) is 0 Å². The van der Waals surface area contributed by atoms with E-state index in [1.54, 1.807) is 12.1 Å². The molecule has 162 valence electrons. The quantitative estimate of drug-likeness (QED) is 0.382. The molecule has 0 aliphatic carbocycles. The first-order valence-corrected chi connectivity index (χ1v) is 12.4. The number of hydrogen-bond donors (Lipinski definition) is 2. The van der Waals surface area contributed by atoms with Crippen molar-refractivity contribution >= 4 is 62.3 Å². The second kappa shape index (κ2) is 9.96. The van der Waals surface area contributed by atoms with Gasteiger partial charge in [0.2, 0.25) is 5.91 Å². The number of aryl methyl sites for hydroxylation is 1. The van der Waals surface area contributed by atoms with Crippen LogP contribution in [0.4, 0.5) is 11.4 Å². The first-order chi connectivity index (χ1) is 14.6. The Balaban J connectivity index is 1.64. The topological polar surface area (TPSA) is 75.3 Å². The summed E-state index contributed by atoms with van der Waals surface area (Å²) in [4.78, 5) is 13.5. The number of nitrogens with one attached hydrogen (secondary N) is 2. The van der Waals surface area contributed by atoms with Gasteiger partial charge >= 0.3 is 0 Å². The number of halogens is 2. The molecule has 2 N–H and O–H groups in total. The van der Waals surface area contributed by atoms with E-state index in [9.17, 15) is 13.2 Å². The van der Waals surface area contributed by atoms with Crippen LogP contribution in [0.2, 0.25) is 10.0 Å². The predicted molar refractivity (Wildman–Crippen MR) is 129 cm³/mol. The van der Waals surface area contributed by atoms with Crippen molar-refractivity contribution in [2.75, 3.05) is 10.0 Å². The molecule has 0 fully saturated rings. The van der Waals surface area contributed by atoms with E-state index in [1.165, 1.54) is 42.1 Å². The molecule has 5 nitrogen and oxygen atoms in total. The van der Waals surface area contributed by atoms with Crippen LogP contribution in [-0.4, -0.2) is 19.6 Å². The summed E-state index contributed by atoms with van der Waals surface area (Å²) in [6.45, 7) is 3.83.